The summed E-state index contributed by atoms with van der Waals surface area (Å²) in [5.41, 5.74) is 8.36. The Labute approximate surface area is 119 Å². The van der Waals surface area contributed by atoms with Crippen LogP contribution in [0.5, 0.6) is 5.88 Å². The zero-order chi connectivity index (χ0) is 14.7. The number of ether oxygens (including phenoxy) is 1. The van der Waals surface area contributed by atoms with Gasteiger partial charge in [-0.15, -0.1) is 10.2 Å². The molecule has 0 bridgehead atoms. The molecule has 1 unspecified atom stereocenters. The third-order valence-electron chi connectivity index (χ3n) is 3.53. The summed E-state index contributed by atoms with van der Waals surface area (Å²) < 4.78 is 5.02. The third-order valence-corrected chi connectivity index (χ3v) is 3.53. The fourth-order valence-corrected chi connectivity index (χ4v) is 2.22. The number of aromatic nitrogens is 2. The van der Waals surface area contributed by atoms with E-state index in [-0.39, 0.29) is 6.04 Å². The molecule has 5 nitrogen and oxygen atoms in total. The van der Waals surface area contributed by atoms with Crippen molar-refractivity contribution >= 4 is 0 Å². The highest BCUT2D eigenvalue weighted by molar-refractivity contribution is 5.41. The second-order valence-electron chi connectivity index (χ2n) is 4.89. The zero-order valence-electron chi connectivity index (χ0n) is 12.3. The summed E-state index contributed by atoms with van der Waals surface area (Å²) >= 11 is 0. The number of nitrogens with zero attached hydrogens (tertiary/aromatic N) is 2. The normalized spacial score (nSPS) is 12.2. The number of rotatable bonds is 4. The number of benzene rings is 1. The van der Waals surface area contributed by atoms with Crippen LogP contribution in [0.3, 0.4) is 0 Å². The van der Waals surface area contributed by atoms with Gasteiger partial charge in [0.1, 0.15) is 0 Å². The third kappa shape index (κ3) is 2.79. The van der Waals surface area contributed by atoms with Crippen LogP contribution in [-0.2, 0) is 0 Å². The molecule has 0 aliphatic carbocycles. The molecule has 5 heteroatoms. The summed E-state index contributed by atoms with van der Waals surface area (Å²) in [6.45, 7) is 6.26. The van der Waals surface area contributed by atoms with Crippen molar-refractivity contribution in [2.45, 2.75) is 26.8 Å². The van der Waals surface area contributed by atoms with Crippen LogP contribution in [0, 0.1) is 20.8 Å². The van der Waals surface area contributed by atoms with Gasteiger partial charge in [-0.2, -0.15) is 0 Å². The van der Waals surface area contributed by atoms with Gasteiger partial charge in [0.25, 0.3) is 0 Å². The number of hydrazine groups is 1. The highest BCUT2D eigenvalue weighted by atomic mass is 16.5. The molecule has 1 aromatic heterocycles. The van der Waals surface area contributed by atoms with E-state index in [0.717, 1.165) is 11.3 Å². The second-order valence-corrected chi connectivity index (χ2v) is 4.89. The molecule has 0 spiro atoms. The molecule has 2 rings (SSSR count). The van der Waals surface area contributed by atoms with E-state index in [9.17, 15) is 0 Å². The average Bonchev–Trinajstić information content (AvgIpc) is 2.46. The van der Waals surface area contributed by atoms with Gasteiger partial charge >= 0.3 is 0 Å². The molecule has 0 fully saturated rings. The Morgan fingerprint density at radius 3 is 2.30 bits per heavy atom. The predicted octanol–water partition coefficient (Wildman–Crippen LogP) is 1.96. The fraction of sp³-hybridized carbons (Fsp3) is 0.333. The van der Waals surface area contributed by atoms with Crippen LogP contribution in [0.15, 0.2) is 24.3 Å². The van der Waals surface area contributed by atoms with Crippen LogP contribution >= 0.6 is 0 Å². The largest absolute Gasteiger partial charge is 0.480 e. The molecule has 0 aliphatic heterocycles. The number of nitrogens with two attached hydrogens (primary N) is 1. The first-order chi connectivity index (χ1) is 9.56. The highest BCUT2D eigenvalue weighted by Gasteiger charge is 2.17. The maximum absolute atomic E-state index is 5.72. The molecule has 0 saturated heterocycles. The lowest BCUT2D eigenvalue weighted by Crippen LogP contribution is -2.30. The van der Waals surface area contributed by atoms with Gasteiger partial charge in [-0.1, -0.05) is 12.1 Å². The van der Waals surface area contributed by atoms with Gasteiger partial charge in [0.05, 0.1) is 18.8 Å². The minimum absolute atomic E-state index is 0.187. The summed E-state index contributed by atoms with van der Waals surface area (Å²) in [5.74, 6) is 6.20. The van der Waals surface area contributed by atoms with Gasteiger partial charge in [0, 0.05) is 6.07 Å². The molecule has 0 saturated carbocycles. The number of nitrogens with one attached hydrogen (secondary N) is 1. The van der Waals surface area contributed by atoms with Crippen molar-refractivity contribution in [3.63, 3.8) is 0 Å². The van der Waals surface area contributed by atoms with Crippen LogP contribution in [0.2, 0.25) is 0 Å². The van der Waals surface area contributed by atoms with Crippen LogP contribution < -0.4 is 16.0 Å². The van der Waals surface area contributed by atoms with Gasteiger partial charge in [-0.05, 0) is 49.1 Å². The van der Waals surface area contributed by atoms with E-state index in [1.165, 1.54) is 16.7 Å². The lowest BCUT2D eigenvalue weighted by Gasteiger charge is -2.19. The van der Waals surface area contributed by atoms with Crippen LogP contribution in [-0.4, -0.2) is 17.3 Å². The molecular weight excluding hydrogens is 252 g/mol. The standard InChI is InChI=1S/C15H20N4O/c1-9-7-11(3)12(8-10(9)2)15(17-16)13-5-6-14(20-4)19-18-13/h5-8,15,17H,16H2,1-4H3. The summed E-state index contributed by atoms with van der Waals surface area (Å²) in [4.78, 5) is 0. The SMILES string of the molecule is COc1ccc(C(NN)c2cc(C)c(C)cc2C)nn1. The number of hydrogen-bond acceptors (Lipinski definition) is 5. The molecule has 1 atom stereocenters. The second kappa shape index (κ2) is 5.98. The molecule has 1 heterocycles. The summed E-state index contributed by atoms with van der Waals surface area (Å²) in [6, 6.07) is 7.76. The quantitative estimate of drug-likeness (QED) is 0.657. The van der Waals surface area contributed by atoms with Crippen molar-refractivity contribution in [3.05, 3.63) is 52.2 Å². The average molecular weight is 272 g/mol. The van der Waals surface area contributed by atoms with Crippen LogP contribution in [0.1, 0.15) is 34.0 Å². The molecule has 0 radical (unpaired) electrons. The van der Waals surface area contributed by atoms with Crippen molar-refractivity contribution in [1.82, 2.24) is 15.6 Å². The minimum Gasteiger partial charge on any atom is -0.480 e. The number of hydrogen-bond donors (Lipinski definition) is 2. The Morgan fingerprint density at radius 1 is 1.05 bits per heavy atom. The van der Waals surface area contributed by atoms with E-state index in [1.54, 1.807) is 13.2 Å². The first-order valence-corrected chi connectivity index (χ1v) is 6.48. The summed E-state index contributed by atoms with van der Waals surface area (Å²) in [6.07, 6.45) is 0. The lowest BCUT2D eigenvalue weighted by molar-refractivity contribution is 0.390. The maximum Gasteiger partial charge on any atom is 0.233 e. The van der Waals surface area contributed by atoms with Gasteiger partial charge < -0.3 is 4.74 Å². The fourth-order valence-electron chi connectivity index (χ4n) is 2.22. The van der Waals surface area contributed by atoms with Gasteiger partial charge in [-0.3, -0.25) is 5.84 Å². The summed E-state index contributed by atoms with van der Waals surface area (Å²) in [5, 5.41) is 8.17. The Hall–Kier alpha value is -1.98. The molecule has 2 aromatic rings. The van der Waals surface area contributed by atoms with E-state index in [0.29, 0.717) is 5.88 Å². The van der Waals surface area contributed by atoms with Gasteiger partial charge in [0.15, 0.2) is 0 Å². The molecule has 3 N–H and O–H groups in total. The van der Waals surface area contributed by atoms with Gasteiger partial charge in [-0.25, -0.2) is 5.43 Å². The predicted molar refractivity (Wildman–Crippen MR) is 78.4 cm³/mol. The monoisotopic (exact) mass is 272 g/mol. The van der Waals surface area contributed by atoms with Crippen molar-refractivity contribution in [2.24, 2.45) is 5.84 Å². The minimum atomic E-state index is -0.187. The molecule has 0 amide bonds. The van der Waals surface area contributed by atoms with E-state index in [1.807, 2.05) is 6.07 Å². The lowest BCUT2D eigenvalue weighted by atomic mass is 9.94. The first-order valence-electron chi connectivity index (χ1n) is 6.48. The molecule has 1 aromatic carbocycles. The van der Waals surface area contributed by atoms with Crippen molar-refractivity contribution in [1.29, 1.82) is 0 Å². The van der Waals surface area contributed by atoms with Crippen molar-refractivity contribution < 1.29 is 4.74 Å². The highest BCUT2D eigenvalue weighted by Crippen LogP contribution is 2.25. The van der Waals surface area contributed by atoms with Crippen LogP contribution in [0.4, 0.5) is 0 Å². The number of aryl methyl sites for hydroxylation is 3. The molecular formula is C15H20N4O. The van der Waals surface area contributed by atoms with E-state index in [4.69, 9.17) is 10.6 Å². The van der Waals surface area contributed by atoms with Crippen molar-refractivity contribution in [2.75, 3.05) is 7.11 Å². The molecule has 0 aliphatic rings. The Morgan fingerprint density at radius 2 is 1.75 bits per heavy atom. The Kier molecular flexibility index (Phi) is 4.32. The Bertz CT molecular complexity index is 596. The topological polar surface area (TPSA) is 73.1 Å². The van der Waals surface area contributed by atoms with Crippen molar-refractivity contribution in [3.8, 4) is 5.88 Å². The maximum atomic E-state index is 5.72. The Balaban J connectivity index is 2.43. The zero-order valence-corrected chi connectivity index (χ0v) is 12.3. The number of methoxy groups -OCH3 is 1. The van der Waals surface area contributed by atoms with E-state index < -0.39 is 0 Å². The smallest absolute Gasteiger partial charge is 0.233 e. The van der Waals surface area contributed by atoms with E-state index >= 15 is 0 Å². The van der Waals surface area contributed by atoms with Gasteiger partial charge in [0.2, 0.25) is 5.88 Å². The molecule has 106 valence electrons. The summed E-state index contributed by atoms with van der Waals surface area (Å²) in [7, 11) is 1.57. The van der Waals surface area contributed by atoms with Crippen LogP contribution in [0.25, 0.3) is 0 Å². The first kappa shape index (κ1) is 14.4. The molecule has 20 heavy (non-hydrogen) atoms. The van der Waals surface area contributed by atoms with E-state index in [2.05, 4.69) is 48.5 Å².